The molecule has 2 aromatic rings. The minimum atomic E-state index is -3.07. The van der Waals surface area contributed by atoms with Crippen molar-refractivity contribution in [2.75, 3.05) is 31.9 Å². The van der Waals surface area contributed by atoms with E-state index in [1.807, 2.05) is 24.3 Å². The van der Waals surface area contributed by atoms with E-state index in [2.05, 4.69) is 10.3 Å². The predicted molar refractivity (Wildman–Crippen MR) is 103 cm³/mol. The van der Waals surface area contributed by atoms with Crippen molar-refractivity contribution in [3.8, 4) is 0 Å². The molecule has 8 heteroatoms. The van der Waals surface area contributed by atoms with E-state index in [1.165, 1.54) is 5.56 Å². The first-order valence-corrected chi connectivity index (χ1v) is 11.2. The van der Waals surface area contributed by atoms with Gasteiger partial charge in [0.1, 0.15) is 0 Å². The average molecular weight is 400 g/mol. The number of piperazine rings is 1. The number of rotatable bonds is 6. The van der Waals surface area contributed by atoms with Crippen LogP contribution in [0.5, 0.6) is 0 Å². The predicted octanol–water partition coefficient (Wildman–Crippen LogP) is 2.85. The number of hydrogen-bond donors (Lipinski definition) is 0. The highest BCUT2D eigenvalue weighted by atomic mass is 35.5. The van der Waals surface area contributed by atoms with E-state index < -0.39 is 10.0 Å². The molecule has 0 amide bonds. The first-order chi connectivity index (χ1) is 12.0. The van der Waals surface area contributed by atoms with Gasteiger partial charge in [0, 0.05) is 49.5 Å². The fourth-order valence-corrected chi connectivity index (χ4v) is 4.89. The molecule has 1 aliphatic rings. The van der Waals surface area contributed by atoms with Crippen LogP contribution in [0.3, 0.4) is 0 Å². The molecule has 0 atom stereocenters. The van der Waals surface area contributed by atoms with Gasteiger partial charge in [-0.1, -0.05) is 23.7 Å². The highest BCUT2D eigenvalue weighted by molar-refractivity contribution is 7.89. The maximum Gasteiger partial charge on any atom is 0.213 e. The van der Waals surface area contributed by atoms with Crippen molar-refractivity contribution in [3.63, 3.8) is 0 Å². The highest BCUT2D eigenvalue weighted by Gasteiger charge is 2.25. The maximum absolute atomic E-state index is 11.9. The van der Waals surface area contributed by atoms with Gasteiger partial charge in [-0.25, -0.2) is 13.4 Å². The van der Waals surface area contributed by atoms with Crippen LogP contribution >= 0.6 is 22.9 Å². The lowest BCUT2D eigenvalue weighted by Crippen LogP contribution is -2.48. The molecule has 25 heavy (non-hydrogen) atoms. The van der Waals surface area contributed by atoms with Crippen LogP contribution in [-0.2, 0) is 23.0 Å². The zero-order chi connectivity index (χ0) is 17.9. The second-order valence-corrected chi connectivity index (χ2v) is 9.75. The normalized spacial score (nSPS) is 17.0. The van der Waals surface area contributed by atoms with Crippen molar-refractivity contribution in [3.05, 3.63) is 50.9 Å². The molecule has 3 rings (SSSR count). The second-order valence-electron chi connectivity index (χ2n) is 6.11. The Hall–Kier alpha value is -0.990. The number of thiazole rings is 1. The largest absolute Gasteiger partial charge is 0.295 e. The van der Waals surface area contributed by atoms with Gasteiger partial charge in [0.25, 0.3) is 0 Å². The molecular formula is C17H22ClN3O2S2. The third-order valence-corrected chi connectivity index (χ3v) is 7.37. The molecule has 0 aliphatic carbocycles. The van der Waals surface area contributed by atoms with Crippen LogP contribution in [0.2, 0.25) is 5.02 Å². The number of sulfonamides is 1. The molecule has 1 aliphatic heterocycles. The molecule has 1 saturated heterocycles. The summed E-state index contributed by atoms with van der Waals surface area (Å²) < 4.78 is 25.4. The zero-order valence-corrected chi connectivity index (χ0v) is 16.6. The SMILES string of the molecule is CCS(=O)(=O)N1CCN(Cc2csc(Cc3ccc(Cl)cc3)n2)CC1. The van der Waals surface area contributed by atoms with Crippen molar-refractivity contribution in [1.82, 2.24) is 14.2 Å². The van der Waals surface area contributed by atoms with Gasteiger partial charge >= 0.3 is 0 Å². The summed E-state index contributed by atoms with van der Waals surface area (Å²) in [6, 6.07) is 7.85. The first kappa shape index (κ1) is 18.8. The third kappa shape index (κ3) is 5.01. The molecule has 1 aromatic carbocycles. The Labute approximate surface area is 158 Å². The van der Waals surface area contributed by atoms with E-state index in [9.17, 15) is 8.42 Å². The van der Waals surface area contributed by atoms with E-state index in [1.54, 1.807) is 22.6 Å². The van der Waals surface area contributed by atoms with Crippen molar-refractivity contribution in [2.24, 2.45) is 0 Å². The van der Waals surface area contributed by atoms with Crippen LogP contribution in [0.15, 0.2) is 29.6 Å². The maximum atomic E-state index is 11.9. The van der Waals surface area contributed by atoms with Gasteiger partial charge < -0.3 is 0 Å². The Bertz CT molecular complexity index is 798. The lowest BCUT2D eigenvalue weighted by Gasteiger charge is -2.33. The summed E-state index contributed by atoms with van der Waals surface area (Å²) in [7, 11) is -3.07. The minimum Gasteiger partial charge on any atom is -0.295 e. The average Bonchev–Trinajstić information content (AvgIpc) is 3.04. The monoisotopic (exact) mass is 399 g/mol. The topological polar surface area (TPSA) is 53.5 Å². The second kappa shape index (κ2) is 8.14. The van der Waals surface area contributed by atoms with Gasteiger partial charge in [0.05, 0.1) is 16.5 Å². The van der Waals surface area contributed by atoms with Crippen molar-refractivity contribution < 1.29 is 8.42 Å². The summed E-state index contributed by atoms with van der Waals surface area (Å²) in [5.41, 5.74) is 2.25. The lowest BCUT2D eigenvalue weighted by molar-refractivity contribution is 0.180. The number of benzene rings is 1. The fraction of sp³-hybridized carbons (Fsp3) is 0.471. The molecule has 1 aromatic heterocycles. The molecule has 1 fully saturated rings. The first-order valence-electron chi connectivity index (χ1n) is 8.34. The van der Waals surface area contributed by atoms with Gasteiger partial charge in [-0.2, -0.15) is 4.31 Å². The Morgan fingerprint density at radius 2 is 1.84 bits per heavy atom. The smallest absolute Gasteiger partial charge is 0.213 e. The quantitative estimate of drug-likeness (QED) is 0.749. The number of halogens is 1. The third-order valence-electron chi connectivity index (χ3n) is 4.34. The van der Waals surface area contributed by atoms with Crippen LogP contribution in [-0.4, -0.2) is 54.5 Å². The van der Waals surface area contributed by atoms with Crippen molar-refractivity contribution in [1.29, 1.82) is 0 Å². The lowest BCUT2D eigenvalue weighted by atomic mass is 10.2. The molecule has 0 radical (unpaired) electrons. The summed E-state index contributed by atoms with van der Waals surface area (Å²) in [6.07, 6.45) is 0.810. The minimum absolute atomic E-state index is 0.174. The van der Waals surface area contributed by atoms with E-state index in [0.717, 1.165) is 41.8 Å². The molecule has 5 nitrogen and oxygen atoms in total. The summed E-state index contributed by atoms with van der Waals surface area (Å²) in [5.74, 6) is 0.174. The van der Waals surface area contributed by atoms with E-state index in [4.69, 9.17) is 16.6 Å². The summed E-state index contributed by atoms with van der Waals surface area (Å²) in [6.45, 7) is 5.11. The molecule has 0 saturated carbocycles. The highest BCUT2D eigenvalue weighted by Crippen LogP contribution is 2.18. The molecular weight excluding hydrogens is 378 g/mol. The van der Waals surface area contributed by atoms with E-state index in [-0.39, 0.29) is 5.75 Å². The Balaban J connectivity index is 1.53. The van der Waals surface area contributed by atoms with Crippen LogP contribution in [0, 0.1) is 0 Å². The van der Waals surface area contributed by atoms with Crippen LogP contribution in [0.25, 0.3) is 0 Å². The fourth-order valence-electron chi connectivity index (χ4n) is 2.86. The molecule has 0 bridgehead atoms. The Morgan fingerprint density at radius 1 is 1.16 bits per heavy atom. The molecule has 0 unspecified atom stereocenters. The van der Waals surface area contributed by atoms with E-state index >= 15 is 0 Å². The zero-order valence-electron chi connectivity index (χ0n) is 14.2. The molecule has 136 valence electrons. The molecule has 2 heterocycles. The number of hydrogen-bond acceptors (Lipinski definition) is 5. The standard InChI is InChI=1S/C17H22ClN3O2S2/c1-2-25(22,23)21-9-7-20(8-10-21)12-16-13-24-17(19-16)11-14-3-5-15(18)6-4-14/h3-6,13H,2,7-12H2,1H3. The van der Waals surface area contributed by atoms with Gasteiger partial charge in [0.15, 0.2) is 0 Å². The van der Waals surface area contributed by atoms with Gasteiger partial charge in [-0.05, 0) is 24.6 Å². The summed E-state index contributed by atoms with van der Waals surface area (Å²) >= 11 is 7.58. The summed E-state index contributed by atoms with van der Waals surface area (Å²) in [5, 5.41) is 3.93. The molecule has 0 N–H and O–H groups in total. The molecule has 0 spiro atoms. The van der Waals surface area contributed by atoms with Crippen LogP contribution in [0.1, 0.15) is 23.2 Å². The number of aromatic nitrogens is 1. The van der Waals surface area contributed by atoms with Crippen molar-refractivity contribution in [2.45, 2.75) is 19.9 Å². The number of nitrogens with zero attached hydrogens (tertiary/aromatic N) is 3. The van der Waals surface area contributed by atoms with Crippen LogP contribution in [0.4, 0.5) is 0 Å². The Morgan fingerprint density at radius 3 is 2.48 bits per heavy atom. The van der Waals surface area contributed by atoms with Gasteiger partial charge in [-0.3, -0.25) is 4.90 Å². The summed E-state index contributed by atoms with van der Waals surface area (Å²) in [4.78, 5) is 6.98. The van der Waals surface area contributed by atoms with Crippen LogP contribution < -0.4 is 0 Å². The van der Waals surface area contributed by atoms with Crippen molar-refractivity contribution >= 4 is 33.0 Å². The van der Waals surface area contributed by atoms with E-state index in [0.29, 0.717) is 13.1 Å². The van der Waals surface area contributed by atoms with Gasteiger partial charge in [-0.15, -0.1) is 11.3 Å². The van der Waals surface area contributed by atoms with Gasteiger partial charge in [0.2, 0.25) is 10.0 Å². The Kier molecular flexibility index (Phi) is 6.12.